The van der Waals surface area contributed by atoms with Gasteiger partial charge >= 0.3 is 0 Å². The lowest BCUT2D eigenvalue weighted by molar-refractivity contribution is 0.777. The van der Waals surface area contributed by atoms with E-state index in [9.17, 15) is 4.79 Å². The van der Waals surface area contributed by atoms with Crippen LogP contribution in [0.2, 0.25) is 0 Å². The van der Waals surface area contributed by atoms with Gasteiger partial charge in [-0.2, -0.15) is 4.68 Å². The van der Waals surface area contributed by atoms with Gasteiger partial charge in [0.2, 0.25) is 0 Å². The third-order valence-electron chi connectivity index (χ3n) is 2.59. The van der Waals surface area contributed by atoms with Gasteiger partial charge in [-0.1, -0.05) is 27.7 Å². The van der Waals surface area contributed by atoms with Crippen LogP contribution in [0.1, 0.15) is 5.82 Å². The Morgan fingerprint density at radius 2 is 2.05 bits per heavy atom. The largest absolute Gasteiger partial charge is 0.301 e. The van der Waals surface area contributed by atoms with Crippen LogP contribution in [0.3, 0.4) is 0 Å². The molecule has 3 rings (SSSR count). The zero-order chi connectivity index (χ0) is 14.7. The number of hydrogen-bond acceptors (Lipinski definition) is 6. The van der Waals surface area contributed by atoms with Crippen LogP contribution in [-0.4, -0.2) is 30.2 Å². The first kappa shape index (κ1) is 14.0. The number of aromatic amines is 1. The smallest absolute Gasteiger partial charge is 0.251 e. The summed E-state index contributed by atoms with van der Waals surface area (Å²) < 4.78 is 2.64. The lowest BCUT2D eigenvalue weighted by Crippen LogP contribution is -2.06. The average molecular weight is 365 g/mol. The average Bonchev–Trinajstić information content (AvgIpc) is 2.94. The Labute approximate surface area is 131 Å². The van der Waals surface area contributed by atoms with E-state index in [1.807, 2.05) is 24.3 Å². The summed E-state index contributed by atoms with van der Waals surface area (Å²) in [6.07, 6.45) is 1.47. The number of thioether (sulfide) groups is 1. The number of hydrogen-bond donors (Lipinski definition) is 1. The second kappa shape index (κ2) is 6.19. The van der Waals surface area contributed by atoms with Gasteiger partial charge < -0.3 is 4.98 Å². The Kier molecular flexibility index (Phi) is 4.11. The third kappa shape index (κ3) is 3.37. The van der Waals surface area contributed by atoms with Crippen molar-refractivity contribution in [3.63, 3.8) is 0 Å². The fourth-order valence-electron chi connectivity index (χ4n) is 1.64. The first-order chi connectivity index (χ1) is 10.2. The molecule has 0 fully saturated rings. The van der Waals surface area contributed by atoms with Gasteiger partial charge in [-0.05, 0) is 34.7 Å². The Balaban J connectivity index is 1.79. The van der Waals surface area contributed by atoms with Crippen LogP contribution in [0.25, 0.3) is 5.69 Å². The molecule has 9 heteroatoms. The molecule has 0 spiro atoms. The molecule has 0 atom stereocenters. The van der Waals surface area contributed by atoms with Gasteiger partial charge in [0.1, 0.15) is 0 Å². The predicted octanol–water partition coefficient (Wildman–Crippen LogP) is 1.80. The Hall–Kier alpha value is -2.00. The number of benzene rings is 1. The van der Waals surface area contributed by atoms with Crippen molar-refractivity contribution in [2.75, 3.05) is 0 Å². The second-order valence-electron chi connectivity index (χ2n) is 4.01. The van der Waals surface area contributed by atoms with Gasteiger partial charge in [0.05, 0.1) is 11.4 Å². The van der Waals surface area contributed by atoms with Crippen LogP contribution >= 0.6 is 27.7 Å². The van der Waals surface area contributed by atoms with Crippen molar-refractivity contribution in [1.29, 1.82) is 0 Å². The van der Waals surface area contributed by atoms with E-state index >= 15 is 0 Å². The highest BCUT2D eigenvalue weighted by Gasteiger charge is 2.09. The first-order valence-corrected chi connectivity index (χ1v) is 7.71. The zero-order valence-corrected chi connectivity index (χ0v) is 13.0. The minimum absolute atomic E-state index is 0.181. The van der Waals surface area contributed by atoms with Crippen LogP contribution in [-0.2, 0) is 5.75 Å². The fraction of sp³-hybridized carbons (Fsp3) is 0.0833. The van der Waals surface area contributed by atoms with E-state index < -0.39 is 0 Å². The SMILES string of the molecule is O=c1ccnc(SCc2nnnn2-c2ccc(Br)cc2)[nH]1. The summed E-state index contributed by atoms with van der Waals surface area (Å²) in [4.78, 5) is 17.9. The number of tetrazole rings is 1. The molecule has 1 N–H and O–H groups in total. The van der Waals surface area contributed by atoms with Gasteiger partial charge in [-0.15, -0.1) is 5.10 Å². The maximum atomic E-state index is 11.2. The second-order valence-corrected chi connectivity index (χ2v) is 5.89. The molecule has 0 radical (unpaired) electrons. The standard InChI is InChI=1S/C12H9BrN6OS/c13-8-1-3-9(4-2-8)19-10(16-17-18-19)7-21-12-14-6-5-11(20)15-12/h1-6H,7H2,(H,14,15,20). The van der Waals surface area contributed by atoms with Crippen LogP contribution < -0.4 is 5.56 Å². The van der Waals surface area contributed by atoms with Crippen molar-refractivity contribution in [2.24, 2.45) is 0 Å². The molecule has 2 aromatic heterocycles. The summed E-state index contributed by atoms with van der Waals surface area (Å²) in [5, 5.41) is 12.2. The minimum atomic E-state index is -0.181. The fourth-order valence-corrected chi connectivity index (χ4v) is 2.66. The third-order valence-corrected chi connectivity index (χ3v) is 4.00. The number of nitrogens with one attached hydrogen (secondary N) is 1. The van der Waals surface area contributed by atoms with E-state index in [0.717, 1.165) is 10.2 Å². The Bertz CT molecular complexity index is 800. The van der Waals surface area contributed by atoms with E-state index in [1.54, 1.807) is 4.68 Å². The van der Waals surface area contributed by atoms with E-state index in [-0.39, 0.29) is 5.56 Å². The molecular weight excluding hydrogens is 356 g/mol. The van der Waals surface area contributed by atoms with Crippen LogP contribution in [0.4, 0.5) is 0 Å². The highest BCUT2D eigenvalue weighted by molar-refractivity contribution is 9.10. The normalized spacial score (nSPS) is 10.7. The molecule has 0 aliphatic rings. The summed E-state index contributed by atoms with van der Waals surface area (Å²) in [6.45, 7) is 0. The van der Waals surface area contributed by atoms with Gasteiger partial charge in [-0.3, -0.25) is 4.79 Å². The van der Waals surface area contributed by atoms with Crippen molar-refractivity contribution in [1.82, 2.24) is 30.2 Å². The van der Waals surface area contributed by atoms with Gasteiger partial charge in [0, 0.05) is 16.7 Å². The molecule has 0 saturated carbocycles. The molecule has 1 aromatic carbocycles. The van der Waals surface area contributed by atoms with E-state index in [4.69, 9.17) is 0 Å². The van der Waals surface area contributed by atoms with Gasteiger partial charge in [-0.25, -0.2) is 4.98 Å². The Morgan fingerprint density at radius 1 is 1.24 bits per heavy atom. The van der Waals surface area contributed by atoms with Crippen LogP contribution in [0.5, 0.6) is 0 Å². The molecule has 0 amide bonds. The molecule has 0 bridgehead atoms. The van der Waals surface area contributed by atoms with Crippen molar-refractivity contribution in [3.8, 4) is 5.69 Å². The summed E-state index contributed by atoms with van der Waals surface area (Å²) in [5.74, 6) is 1.17. The van der Waals surface area contributed by atoms with E-state index in [0.29, 0.717) is 16.7 Å². The lowest BCUT2D eigenvalue weighted by atomic mass is 10.3. The molecule has 2 heterocycles. The van der Waals surface area contributed by atoms with Crippen LogP contribution in [0.15, 0.2) is 51.0 Å². The molecule has 106 valence electrons. The van der Waals surface area contributed by atoms with Gasteiger partial charge in [0.15, 0.2) is 11.0 Å². The summed E-state index contributed by atoms with van der Waals surface area (Å²) in [7, 11) is 0. The zero-order valence-electron chi connectivity index (χ0n) is 10.6. The van der Waals surface area contributed by atoms with Crippen molar-refractivity contribution < 1.29 is 0 Å². The summed E-state index contributed by atoms with van der Waals surface area (Å²) >= 11 is 4.75. The number of H-pyrrole nitrogens is 1. The topological polar surface area (TPSA) is 89.3 Å². The van der Waals surface area contributed by atoms with Crippen molar-refractivity contribution in [3.05, 3.63) is 57.2 Å². The quantitative estimate of drug-likeness (QED) is 0.560. The molecule has 0 aliphatic carbocycles. The minimum Gasteiger partial charge on any atom is -0.301 e. The molecule has 0 saturated heterocycles. The predicted molar refractivity (Wildman–Crippen MR) is 81.3 cm³/mol. The lowest BCUT2D eigenvalue weighted by Gasteiger charge is -2.04. The molecular formula is C12H9BrN6OS. The first-order valence-electron chi connectivity index (χ1n) is 5.94. The van der Waals surface area contributed by atoms with E-state index in [2.05, 4.69) is 41.4 Å². The van der Waals surface area contributed by atoms with Gasteiger partial charge in [0.25, 0.3) is 5.56 Å². The highest BCUT2D eigenvalue weighted by Crippen LogP contribution is 2.19. The van der Waals surface area contributed by atoms with Crippen molar-refractivity contribution in [2.45, 2.75) is 10.9 Å². The molecule has 7 nitrogen and oxygen atoms in total. The molecule has 0 aliphatic heterocycles. The summed E-state index contributed by atoms with van der Waals surface area (Å²) in [5.41, 5.74) is 0.688. The summed E-state index contributed by atoms with van der Waals surface area (Å²) in [6, 6.07) is 9.04. The highest BCUT2D eigenvalue weighted by atomic mass is 79.9. The van der Waals surface area contributed by atoms with Crippen LogP contribution in [0, 0.1) is 0 Å². The molecule has 21 heavy (non-hydrogen) atoms. The number of aromatic nitrogens is 6. The van der Waals surface area contributed by atoms with E-state index in [1.165, 1.54) is 24.0 Å². The number of nitrogens with zero attached hydrogens (tertiary/aromatic N) is 5. The number of rotatable bonds is 4. The Morgan fingerprint density at radius 3 is 2.81 bits per heavy atom. The maximum Gasteiger partial charge on any atom is 0.251 e. The molecule has 0 unspecified atom stereocenters. The number of halogens is 1. The van der Waals surface area contributed by atoms with Crippen molar-refractivity contribution >= 4 is 27.7 Å². The molecule has 3 aromatic rings. The monoisotopic (exact) mass is 364 g/mol. The maximum absolute atomic E-state index is 11.2.